The second kappa shape index (κ2) is 7.34. The van der Waals surface area contributed by atoms with Crippen LogP contribution >= 0.6 is 27.5 Å². The molecule has 0 aromatic heterocycles. The number of hydrogen-bond acceptors (Lipinski definition) is 2. The summed E-state index contributed by atoms with van der Waals surface area (Å²) in [6, 6.07) is 6.04. The largest absolute Gasteiger partial charge is 0.378 e. The Bertz CT molecular complexity index is 478. The molecule has 0 heterocycles. The summed E-state index contributed by atoms with van der Waals surface area (Å²) < 4.78 is 0.928. The monoisotopic (exact) mass is 372 g/mol. The number of benzene rings is 1. The van der Waals surface area contributed by atoms with Crippen LogP contribution in [0.5, 0.6) is 0 Å². The lowest BCUT2D eigenvalue weighted by molar-refractivity contribution is 0.332. The molecule has 1 aliphatic rings. The van der Waals surface area contributed by atoms with Crippen LogP contribution in [-0.4, -0.2) is 12.1 Å². The Morgan fingerprint density at radius 2 is 2.14 bits per heavy atom. The van der Waals surface area contributed by atoms with Crippen molar-refractivity contribution in [2.75, 3.05) is 11.9 Å². The first-order valence-corrected chi connectivity index (χ1v) is 9.06. The quantitative estimate of drug-likeness (QED) is 0.689. The fraction of sp³-hybridized carbons (Fsp3) is 0.647. The first-order valence-electron chi connectivity index (χ1n) is 7.89. The van der Waals surface area contributed by atoms with Crippen LogP contribution in [0.25, 0.3) is 0 Å². The number of nitrogens with two attached hydrogens (primary N) is 1. The van der Waals surface area contributed by atoms with Crippen molar-refractivity contribution in [3.63, 3.8) is 0 Å². The summed E-state index contributed by atoms with van der Waals surface area (Å²) in [6.45, 7) is 5.34. The van der Waals surface area contributed by atoms with Gasteiger partial charge in [-0.3, -0.25) is 0 Å². The van der Waals surface area contributed by atoms with E-state index in [0.29, 0.717) is 6.54 Å². The SMILES string of the molecule is CC(C)C1CCCC(CN)(Nc2ccc(Br)c(Cl)c2)CC1. The van der Waals surface area contributed by atoms with Crippen molar-refractivity contribution in [2.45, 2.75) is 51.5 Å². The predicted octanol–water partition coefficient (Wildman–Crippen LogP) is 5.45. The predicted molar refractivity (Wildman–Crippen MR) is 96.0 cm³/mol. The Balaban J connectivity index is 2.12. The van der Waals surface area contributed by atoms with Gasteiger partial charge in [-0.15, -0.1) is 0 Å². The highest BCUT2D eigenvalue weighted by Gasteiger charge is 2.32. The molecule has 2 atom stereocenters. The molecular formula is C17H26BrClN2. The van der Waals surface area contributed by atoms with Gasteiger partial charge in [0.05, 0.1) is 5.02 Å². The average molecular weight is 374 g/mol. The summed E-state index contributed by atoms with van der Waals surface area (Å²) >= 11 is 9.64. The molecule has 2 rings (SSSR count). The normalized spacial score (nSPS) is 26.7. The zero-order chi connectivity index (χ0) is 15.5. The van der Waals surface area contributed by atoms with Crippen molar-refractivity contribution in [2.24, 2.45) is 17.6 Å². The molecule has 0 amide bonds. The Morgan fingerprint density at radius 1 is 1.38 bits per heavy atom. The van der Waals surface area contributed by atoms with Crippen LogP contribution in [0.3, 0.4) is 0 Å². The van der Waals surface area contributed by atoms with Gasteiger partial charge in [-0.1, -0.05) is 38.3 Å². The van der Waals surface area contributed by atoms with Crippen molar-refractivity contribution in [1.82, 2.24) is 0 Å². The second-order valence-corrected chi connectivity index (χ2v) is 7.93. The number of hydrogen-bond donors (Lipinski definition) is 2. The van der Waals surface area contributed by atoms with Crippen molar-refractivity contribution >= 4 is 33.2 Å². The molecule has 1 saturated carbocycles. The first kappa shape index (κ1) is 17.1. The zero-order valence-electron chi connectivity index (χ0n) is 13.0. The van der Waals surface area contributed by atoms with Gasteiger partial charge >= 0.3 is 0 Å². The van der Waals surface area contributed by atoms with Crippen LogP contribution in [-0.2, 0) is 0 Å². The van der Waals surface area contributed by atoms with Gasteiger partial charge in [0.15, 0.2) is 0 Å². The van der Waals surface area contributed by atoms with E-state index in [-0.39, 0.29) is 5.54 Å². The molecular weight excluding hydrogens is 348 g/mol. The van der Waals surface area contributed by atoms with Crippen LogP contribution in [0, 0.1) is 11.8 Å². The van der Waals surface area contributed by atoms with E-state index < -0.39 is 0 Å². The van der Waals surface area contributed by atoms with E-state index in [1.54, 1.807) is 0 Å². The lowest BCUT2D eigenvalue weighted by Crippen LogP contribution is -2.45. The molecule has 21 heavy (non-hydrogen) atoms. The molecule has 118 valence electrons. The Kier molecular flexibility index (Phi) is 5.98. The van der Waals surface area contributed by atoms with E-state index in [9.17, 15) is 0 Å². The highest BCUT2D eigenvalue weighted by atomic mass is 79.9. The molecule has 1 aromatic rings. The molecule has 2 nitrogen and oxygen atoms in total. The van der Waals surface area contributed by atoms with Crippen LogP contribution in [0.2, 0.25) is 5.02 Å². The minimum Gasteiger partial charge on any atom is -0.378 e. The minimum absolute atomic E-state index is 0.0147. The molecule has 4 heteroatoms. The standard InChI is InChI=1S/C17H26BrClN2/c1-12(2)13-4-3-8-17(11-20,9-7-13)21-14-5-6-15(18)16(19)10-14/h5-6,10,12-13,21H,3-4,7-9,11,20H2,1-2H3. The van der Waals surface area contributed by atoms with Gasteiger partial charge in [-0.05, 0) is 65.2 Å². The molecule has 3 N–H and O–H groups in total. The molecule has 1 fully saturated rings. The van der Waals surface area contributed by atoms with Gasteiger partial charge in [-0.2, -0.15) is 0 Å². The average Bonchev–Trinajstić information content (AvgIpc) is 2.66. The number of rotatable bonds is 4. The summed E-state index contributed by atoms with van der Waals surface area (Å²) in [5, 5.41) is 4.42. The Morgan fingerprint density at radius 3 is 2.76 bits per heavy atom. The van der Waals surface area contributed by atoms with Crippen LogP contribution in [0.4, 0.5) is 5.69 Å². The van der Waals surface area contributed by atoms with Crippen LogP contribution < -0.4 is 11.1 Å². The number of anilines is 1. The topological polar surface area (TPSA) is 38.0 Å². The van der Waals surface area contributed by atoms with Crippen molar-refractivity contribution in [1.29, 1.82) is 0 Å². The third kappa shape index (κ3) is 4.37. The van der Waals surface area contributed by atoms with Crippen LogP contribution in [0.1, 0.15) is 46.0 Å². The van der Waals surface area contributed by atoms with E-state index in [4.69, 9.17) is 17.3 Å². The van der Waals surface area contributed by atoms with Gasteiger partial charge < -0.3 is 11.1 Å². The third-order valence-electron chi connectivity index (χ3n) is 4.89. The maximum absolute atomic E-state index is 6.20. The van der Waals surface area contributed by atoms with Gasteiger partial charge in [0.2, 0.25) is 0 Å². The van der Waals surface area contributed by atoms with Gasteiger partial charge in [0.1, 0.15) is 0 Å². The van der Waals surface area contributed by atoms with Gasteiger partial charge in [0.25, 0.3) is 0 Å². The van der Waals surface area contributed by atoms with E-state index in [1.165, 1.54) is 19.3 Å². The zero-order valence-corrected chi connectivity index (χ0v) is 15.3. The molecule has 1 aliphatic carbocycles. The lowest BCUT2D eigenvalue weighted by atomic mass is 9.86. The highest BCUT2D eigenvalue weighted by Crippen LogP contribution is 2.36. The highest BCUT2D eigenvalue weighted by molar-refractivity contribution is 9.10. The molecule has 0 radical (unpaired) electrons. The molecule has 1 aromatic carbocycles. The summed E-state index contributed by atoms with van der Waals surface area (Å²) in [5.41, 5.74) is 7.22. The molecule has 0 spiro atoms. The molecule has 2 unspecified atom stereocenters. The number of halogens is 2. The van der Waals surface area contributed by atoms with E-state index in [0.717, 1.165) is 39.9 Å². The lowest BCUT2D eigenvalue weighted by Gasteiger charge is -2.34. The summed E-state index contributed by atoms with van der Waals surface area (Å²) in [5.74, 6) is 1.59. The maximum Gasteiger partial charge on any atom is 0.0568 e. The molecule has 0 saturated heterocycles. The summed E-state index contributed by atoms with van der Waals surface area (Å²) in [4.78, 5) is 0. The Hall–Kier alpha value is -0.250. The minimum atomic E-state index is 0.0147. The summed E-state index contributed by atoms with van der Waals surface area (Å²) in [7, 11) is 0. The van der Waals surface area contributed by atoms with E-state index >= 15 is 0 Å². The number of nitrogens with one attached hydrogen (secondary N) is 1. The van der Waals surface area contributed by atoms with Gasteiger partial charge in [-0.25, -0.2) is 0 Å². The van der Waals surface area contributed by atoms with Gasteiger partial charge in [0, 0.05) is 22.2 Å². The third-order valence-corrected chi connectivity index (χ3v) is 6.12. The maximum atomic E-state index is 6.20. The van der Waals surface area contributed by atoms with E-state index in [2.05, 4.69) is 41.2 Å². The van der Waals surface area contributed by atoms with E-state index in [1.807, 2.05) is 12.1 Å². The summed E-state index contributed by atoms with van der Waals surface area (Å²) in [6.07, 6.45) is 6.10. The van der Waals surface area contributed by atoms with Crippen molar-refractivity contribution < 1.29 is 0 Å². The van der Waals surface area contributed by atoms with Crippen molar-refractivity contribution in [3.8, 4) is 0 Å². The fourth-order valence-electron chi connectivity index (χ4n) is 3.36. The smallest absolute Gasteiger partial charge is 0.0568 e. The fourth-order valence-corrected chi connectivity index (χ4v) is 3.79. The molecule has 0 aliphatic heterocycles. The second-order valence-electron chi connectivity index (χ2n) is 6.67. The first-order chi connectivity index (χ1) is 9.96. The Labute approximate surface area is 142 Å². The van der Waals surface area contributed by atoms with Crippen LogP contribution in [0.15, 0.2) is 22.7 Å². The molecule has 0 bridgehead atoms. The van der Waals surface area contributed by atoms with Crippen molar-refractivity contribution in [3.05, 3.63) is 27.7 Å².